The van der Waals surface area contributed by atoms with Crippen molar-refractivity contribution in [3.05, 3.63) is 55.2 Å². The van der Waals surface area contributed by atoms with Gasteiger partial charge in [0.1, 0.15) is 11.6 Å². The number of nitrogens with zero attached hydrogens (tertiary/aromatic N) is 6. The molecule has 8 heteroatoms. The second-order valence-corrected chi connectivity index (χ2v) is 8.93. The first-order valence-electron chi connectivity index (χ1n) is 11.2. The minimum atomic E-state index is 0.257. The zero-order chi connectivity index (χ0) is 22.9. The molecule has 0 radical (unpaired) electrons. The molecule has 1 saturated carbocycles. The highest BCUT2D eigenvalue weighted by Crippen LogP contribution is 2.36. The number of aryl methyl sites for hydroxylation is 2. The van der Waals surface area contributed by atoms with Crippen LogP contribution in [0.3, 0.4) is 0 Å². The lowest BCUT2D eigenvalue weighted by Crippen LogP contribution is -2.36. The number of aromatic nitrogens is 6. The molecule has 8 nitrogen and oxygen atoms in total. The van der Waals surface area contributed by atoms with Crippen LogP contribution in [0.5, 0.6) is 0 Å². The van der Waals surface area contributed by atoms with Crippen LogP contribution in [0.2, 0.25) is 0 Å². The molecule has 0 atom stereocenters. The van der Waals surface area contributed by atoms with Crippen LogP contribution < -0.4 is 5.32 Å². The first-order chi connectivity index (χ1) is 15.9. The molecule has 3 aromatic heterocycles. The summed E-state index contributed by atoms with van der Waals surface area (Å²) < 4.78 is 3.57. The molecule has 33 heavy (non-hydrogen) atoms. The zero-order valence-electron chi connectivity index (χ0n) is 19.1. The molecule has 1 N–H and O–H groups in total. The summed E-state index contributed by atoms with van der Waals surface area (Å²) >= 11 is 0. The van der Waals surface area contributed by atoms with Crippen molar-refractivity contribution in [2.45, 2.75) is 32.2 Å². The molecule has 0 bridgehead atoms. The lowest BCUT2D eigenvalue weighted by Gasteiger charge is -2.36. The molecule has 1 aliphatic carbocycles. The number of nitrogens with one attached hydrogen (secondary N) is 1. The maximum Gasteiger partial charge on any atom is 0.161 e. The summed E-state index contributed by atoms with van der Waals surface area (Å²) in [6.45, 7) is 1.66. The van der Waals surface area contributed by atoms with E-state index in [2.05, 4.69) is 32.6 Å². The van der Waals surface area contributed by atoms with E-state index in [1.165, 1.54) is 0 Å². The van der Waals surface area contributed by atoms with E-state index >= 15 is 0 Å². The van der Waals surface area contributed by atoms with Crippen LogP contribution in [0.25, 0.3) is 33.6 Å². The van der Waals surface area contributed by atoms with E-state index in [4.69, 9.17) is 4.98 Å². The van der Waals surface area contributed by atoms with Crippen LogP contribution in [0.1, 0.15) is 26.2 Å². The van der Waals surface area contributed by atoms with Crippen LogP contribution in [-0.4, -0.2) is 41.4 Å². The molecule has 0 saturated heterocycles. The molecular weight excluding hydrogens is 414 g/mol. The van der Waals surface area contributed by atoms with Crippen molar-refractivity contribution >= 4 is 11.6 Å². The van der Waals surface area contributed by atoms with Crippen molar-refractivity contribution in [1.82, 2.24) is 29.5 Å². The standard InChI is InChI=1S/C25H27N7O/c1-16(33)7-17-8-22(9-17)29-25-23(21-12-28-32(3)15-21)13-26-24(30-25)19-6-4-5-18(10-19)20-11-27-31(2)14-20/h4-6,10-15,17,22H,7-9H2,1-3H3,(H,26,29,30). The van der Waals surface area contributed by atoms with Gasteiger partial charge in [-0.1, -0.05) is 18.2 Å². The van der Waals surface area contributed by atoms with Gasteiger partial charge < -0.3 is 10.1 Å². The number of hydrogen-bond acceptors (Lipinski definition) is 6. The second-order valence-electron chi connectivity index (χ2n) is 8.93. The Morgan fingerprint density at radius 3 is 2.36 bits per heavy atom. The lowest BCUT2D eigenvalue weighted by molar-refractivity contribution is -0.118. The number of carbonyl (C=O) groups excluding carboxylic acids is 1. The zero-order valence-corrected chi connectivity index (χ0v) is 19.1. The average molecular weight is 442 g/mol. The van der Waals surface area contributed by atoms with E-state index in [-0.39, 0.29) is 5.78 Å². The molecule has 3 heterocycles. The van der Waals surface area contributed by atoms with Crippen molar-refractivity contribution in [2.24, 2.45) is 20.0 Å². The lowest BCUT2D eigenvalue weighted by atomic mass is 9.77. The third-order valence-electron chi connectivity index (χ3n) is 6.12. The van der Waals surface area contributed by atoms with E-state index in [1.807, 2.05) is 57.2 Å². The summed E-state index contributed by atoms with van der Waals surface area (Å²) in [6.07, 6.45) is 12.1. The Morgan fingerprint density at radius 2 is 1.70 bits per heavy atom. The first-order valence-corrected chi connectivity index (χ1v) is 11.2. The summed E-state index contributed by atoms with van der Waals surface area (Å²) in [5.41, 5.74) is 4.96. The summed E-state index contributed by atoms with van der Waals surface area (Å²) in [5.74, 6) is 2.17. The van der Waals surface area contributed by atoms with E-state index < -0.39 is 0 Å². The Bertz CT molecular complexity index is 1300. The van der Waals surface area contributed by atoms with Crippen LogP contribution in [0.4, 0.5) is 5.82 Å². The summed E-state index contributed by atoms with van der Waals surface area (Å²) in [7, 11) is 3.81. The molecular formula is C25H27N7O. The van der Waals surface area contributed by atoms with Gasteiger partial charge in [0.25, 0.3) is 0 Å². The van der Waals surface area contributed by atoms with Crippen molar-refractivity contribution in [2.75, 3.05) is 5.32 Å². The van der Waals surface area contributed by atoms with Gasteiger partial charge in [-0.2, -0.15) is 10.2 Å². The number of benzene rings is 1. The summed E-state index contributed by atoms with van der Waals surface area (Å²) in [6, 6.07) is 8.49. The fraction of sp³-hybridized carbons (Fsp3) is 0.320. The van der Waals surface area contributed by atoms with Gasteiger partial charge in [0.05, 0.1) is 12.4 Å². The molecule has 0 aliphatic heterocycles. The van der Waals surface area contributed by atoms with Gasteiger partial charge in [0.2, 0.25) is 0 Å². The smallest absolute Gasteiger partial charge is 0.161 e. The maximum absolute atomic E-state index is 11.4. The van der Waals surface area contributed by atoms with Crippen molar-refractivity contribution < 1.29 is 4.79 Å². The number of ketones is 1. The Labute approximate surface area is 192 Å². The number of Topliss-reactive ketones (excluding diaryl/α,β-unsaturated/α-hetero) is 1. The van der Waals surface area contributed by atoms with Gasteiger partial charge in [-0.25, -0.2) is 9.97 Å². The molecule has 0 amide bonds. The van der Waals surface area contributed by atoms with E-state index in [9.17, 15) is 4.79 Å². The van der Waals surface area contributed by atoms with Crippen LogP contribution in [-0.2, 0) is 18.9 Å². The minimum absolute atomic E-state index is 0.257. The largest absolute Gasteiger partial charge is 0.367 e. The SMILES string of the molecule is CC(=O)CC1CC(Nc2nc(-c3cccc(-c4cnn(C)c4)c3)ncc2-c2cnn(C)c2)C1. The van der Waals surface area contributed by atoms with Gasteiger partial charge in [-0.3, -0.25) is 9.36 Å². The predicted octanol–water partition coefficient (Wildman–Crippen LogP) is 4.11. The van der Waals surface area contributed by atoms with Crippen LogP contribution in [0, 0.1) is 5.92 Å². The summed E-state index contributed by atoms with van der Waals surface area (Å²) in [4.78, 5) is 21.0. The van der Waals surface area contributed by atoms with Gasteiger partial charge in [0, 0.05) is 67.4 Å². The molecule has 5 rings (SSSR count). The molecule has 1 fully saturated rings. The molecule has 0 spiro atoms. The molecule has 0 unspecified atom stereocenters. The number of hydrogen-bond donors (Lipinski definition) is 1. The number of rotatable bonds is 7. The fourth-order valence-corrected chi connectivity index (χ4v) is 4.43. The number of carbonyl (C=O) groups is 1. The molecule has 4 aromatic rings. The van der Waals surface area contributed by atoms with Crippen LogP contribution in [0.15, 0.2) is 55.2 Å². The Balaban J connectivity index is 1.46. The third kappa shape index (κ3) is 4.55. The minimum Gasteiger partial charge on any atom is -0.367 e. The fourth-order valence-electron chi connectivity index (χ4n) is 4.43. The van der Waals surface area contributed by atoms with E-state index in [1.54, 1.807) is 16.3 Å². The number of anilines is 1. The Hall–Kier alpha value is -3.81. The quantitative estimate of drug-likeness (QED) is 0.464. The molecule has 1 aromatic carbocycles. The van der Waals surface area contributed by atoms with Gasteiger partial charge in [-0.15, -0.1) is 0 Å². The van der Waals surface area contributed by atoms with Crippen LogP contribution >= 0.6 is 0 Å². The van der Waals surface area contributed by atoms with Gasteiger partial charge in [0.15, 0.2) is 5.82 Å². The highest BCUT2D eigenvalue weighted by atomic mass is 16.1. The maximum atomic E-state index is 11.4. The van der Waals surface area contributed by atoms with Gasteiger partial charge in [-0.05, 0) is 37.3 Å². The highest BCUT2D eigenvalue weighted by molar-refractivity contribution is 5.77. The predicted molar refractivity (Wildman–Crippen MR) is 127 cm³/mol. The Morgan fingerprint density at radius 1 is 1.00 bits per heavy atom. The average Bonchev–Trinajstić information content (AvgIpc) is 3.40. The van der Waals surface area contributed by atoms with Crippen molar-refractivity contribution in [3.8, 4) is 33.6 Å². The normalized spacial score (nSPS) is 17.5. The van der Waals surface area contributed by atoms with Crippen molar-refractivity contribution in [1.29, 1.82) is 0 Å². The third-order valence-corrected chi connectivity index (χ3v) is 6.12. The van der Waals surface area contributed by atoms with Crippen molar-refractivity contribution in [3.63, 3.8) is 0 Å². The topological polar surface area (TPSA) is 90.5 Å². The summed E-state index contributed by atoms with van der Waals surface area (Å²) in [5, 5.41) is 12.2. The molecule has 1 aliphatic rings. The molecule has 168 valence electrons. The Kier molecular flexibility index (Phi) is 5.50. The van der Waals surface area contributed by atoms with E-state index in [0.29, 0.717) is 24.2 Å². The second kappa shape index (κ2) is 8.61. The highest BCUT2D eigenvalue weighted by Gasteiger charge is 2.30. The van der Waals surface area contributed by atoms with Gasteiger partial charge >= 0.3 is 0 Å². The monoisotopic (exact) mass is 441 g/mol. The van der Waals surface area contributed by atoms with E-state index in [0.717, 1.165) is 46.5 Å². The first kappa shape index (κ1) is 21.1.